The molecule has 0 saturated carbocycles. The van der Waals surface area contributed by atoms with Crippen LogP contribution in [0.15, 0.2) is 35.4 Å². The topological polar surface area (TPSA) is 46.1 Å². The Bertz CT molecular complexity index is 526. The molecule has 3 rings (SSSR count). The summed E-state index contributed by atoms with van der Waals surface area (Å²) in [5.41, 5.74) is 1.66. The number of likely N-dealkylation sites (tertiary alicyclic amines) is 1. The van der Waals surface area contributed by atoms with Crippen LogP contribution in [0.3, 0.4) is 0 Å². The molecule has 18 heavy (non-hydrogen) atoms. The summed E-state index contributed by atoms with van der Waals surface area (Å²) in [5.74, 6) is -0.0169. The molecule has 1 aliphatic rings. The van der Waals surface area contributed by atoms with Gasteiger partial charge in [-0.1, -0.05) is 0 Å². The van der Waals surface area contributed by atoms with Crippen molar-refractivity contribution in [2.45, 2.75) is 18.9 Å². The van der Waals surface area contributed by atoms with E-state index in [0.717, 1.165) is 19.4 Å². The highest BCUT2D eigenvalue weighted by atomic mass is 32.1. The highest BCUT2D eigenvalue weighted by Crippen LogP contribution is 2.33. The van der Waals surface area contributed by atoms with Gasteiger partial charge in [-0.3, -0.25) is 9.78 Å². The zero-order chi connectivity index (χ0) is 12.4. The summed E-state index contributed by atoms with van der Waals surface area (Å²) in [5, 5.41) is 4.17. The van der Waals surface area contributed by atoms with E-state index in [4.69, 9.17) is 0 Å². The van der Waals surface area contributed by atoms with Crippen LogP contribution in [0.2, 0.25) is 0 Å². The van der Waals surface area contributed by atoms with Crippen molar-refractivity contribution < 1.29 is 4.79 Å². The minimum Gasteiger partial charge on any atom is -0.330 e. The second kappa shape index (κ2) is 4.86. The minimum atomic E-state index is -0.0169. The van der Waals surface area contributed by atoms with Crippen molar-refractivity contribution in [1.82, 2.24) is 14.9 Å². The first-order chi connectivity index (χ1) is 8.86. The SMILES string of the molecule is O=C(c1cnccn1)N1CCCC1c1ccsc1. The number of nitrogens with zero attached hydrogens (tertiary/aromatic N) is 3. The van der Waals surface area contributed by atoms with Gasteiger partial charge in [0.25, 0.3) is 5.91 Å². The van der Waals surface area contributed by atoms with E-state index >= 15 is 0 Å². The molecule has 0 N–H and O–H groups in total. The molecule has 4 nitrogen and oxygen atoms in total. The Kier molecular flexibility index (Phi) is 3.06. The van der Waals surface area contributed by atoms with E-state index in [1.54, 1.807) is 23.7 Å². The molecule has 1 aliphatic heterocycles. The van der Waals surface area contributed by atoms with E-state index in [2.05, 4.69) is 26.8 Å². The summed E-state index contributed by atoms with van der Waals surface area (Å²) in [6.45, 7) is 0.802. The molecule has 3 heterocycles. The number of thiophene rings is 1. The quantitative estimate of drug-likeness (QED) is 0.832. The molecule has 5 heteroatoms. The van der Waals surface area contributed by atoms with Crippen molar-refractivity contribution in [2.75, 3.05) is 6.54 Å². The van der Waals surface area contributed by atoms with Crippen molar-refractivity contribution in [3.8, 4) is 0 Å². The van der Waals surface area contributed by atoms with Crippen molar-refractivity contribution in [1.29, 1.82) is 0 Å². The number of amides is 1. The van der Waals surface area contributed by atoms with Gasteiger partial charge in [-0.05, 0) is 35.2 Å². The van der Waals surface area contributed by atoms with Crippen molar-refractivity contribution in [2.24, 2.45) is 0 Å². The second-order valence-electron chi connectivity index (χ2n) is 4.30. The van der Waals surface area contributed by atoms with Crippen LogP contribution in [-0.2, 0) is 0 Å². The predicted molar refractivity (Wildman–Crippen MR) is 69.4 cm³/mol. The molecule has 1 atom stereocenters. The highest BCUT2D eigenvalue weighted by molar-refractivity contribution is 7.07. The van der Waals surface area contributed by atoms with Gasteiger partial charge < -0.3 is 4.90 Å². The lowest BCUT2D eigenvalue weighted by molar-refractivity contribution is 0.0729. The molecule has 0 aromatic carbocycles. The van der Waals surface area contributed by atoms with Crippen LogP contribution >= 0.6 is 11.3 Å². The standard InChI is InChI=1S/C13H13N3OS/c17-13(11-8-14-4-5-15-11)16-6-1-2-12(16)10-3-7-18-9-10/h3-5,7-9,12H,1-2,6H2. The van der Waals surface area contributed by atoms with E-state index in [0.29, 0.717) is 5.69 Å². The predicted octanol–water partition coefficient (Wildman–Crippen LogP) is 2.52. The van der Waals surface area contributed by atoms with Gasteiger partial charge in [0, 0.05) is 18.9 Å². The van der Waals surface area contributed by atoms with Crippen LogP contribution in [0.4, 0.5) is 0 Å². The minimum absolute atomic E-state index is 0.0169. The fourth-order valence-corrected chi connectivity index (χ4v) is 3.08. The van der Waals surface area contributed by atoms with E-state index in [9.17, 15) is 4.79 Å². The Morgan fingerprint density at radius 1 is 1.44 bits per heavy atom. The number of hydrogen-bond donors (Lipinski definition) is 0. The van der Waals surface area contributed by atoms with Gasteiger partial charge in [0.1, 0.15) is 5.69 Å². The Hall–Kier alpha value is -1.75. The van der Waals surface area contributed by atoms with Crippen LogP contribution < -0.4 is 0 Å². The summed E-state index contributed by atoms with van der Waals surface area (Å²) in [6, 6.07) is 2.29. The maximum Gasteiger partial charge on any atom is 0.274 e. The van der Waals surface area contributed by atoms with Gasteiger partial charge in [0.05, 0.1) is 12.2 Å². The molecule has 0 aliphatic carbocycles. The Labute approximate surface area is 109 Å². The summed E-state index contributed by atoms with van der Waals surface area (Å²) in [6.07, 6.45) is 6.75. The third-order valence-corrected chi connectivity index (χ3v) is 3.93. The lowest BCUT2D eigenvalue weighted by Crippen LogP contribution is -2.31. The molecule has 1 saturated heterocycles. The highest BCUT2D eigenvalue weighted by Gasteiger charge is 2.31. The molecule has 2 aromatic rings. The van der Waals surface area contributed by atoms with Gasteiger partial charge in [0.2, 0.25) is 0 Å². The Morgan fingerprint density at radius 2 is 2.39 bits per heavy atom. The van der Waals surface area contributed by atoms with E-state index in [1.165, 1.54) is 11.8 Å². The second-order valence-corrected chi connectivity index (χ2v) is 5.08. The van der Waals surface area contributed by atoms with Gasteiger partial charge in [0.15, 0.2) is 0 Å². The fraction of sp³-hybridized carbons (Fsp3) is 0.308. The van der Waals surface area contributed by atoms with E-state index in [1.807, 2.05) is 4.90 Å². The normalized spacial score (nSPS) is 19.1. The van der Waals surface area contributed by atoms with Crippen LogP contribution in [-0.4, -0.2) is 27.3 Å². The molecule has 1 unspecified atom stereocenters. The summed E-state index contributed by atoms with van der Waals surface area (Å²) >= 11 is 1.67. The zero-order valence-electron chi connectivity index (χ0n) is 9.82. The third-order valence-electron chi connectivity index (χ3n) is 3.22. The summed E-state index contributed by atoms with van der Waals surface area (Å²) < 4.78 is 0. The first-order valence-corrected chi connectivity index (χ1v) is 6.89. The zero-order valence-corrected chi connectivity index (χ0v) is 10.6. The van der Waals surface area contributed by atoms with Gasteiger partial charge in [-0.25, -0.2) is 4.98 Å². The van der Waals surface area contributed by atoms with Crippen molar-refractivity contribution >= 4 is 17.2 Å². The fourth-order valence-electron chi connectivity index (χ4n) is 2.38. The van der Waals surface area contributed by atoms with Crippen LogP contribution in [0.25, 0.3) is 0 Å². The first kappa shape index (κ1) is 11.3. The molecule has 1 fully saturated rings. The van der Waals surface area contributed by atoms with E-state index in [-0.39, 0.29) is 11.9 Å². The number of carbonyl (C=O) groups excluding carboxylic acids is 1. The molecule has 0 radical (unpaired) electrons. The average molecular weight is 259 g/mol. The maximum atomic E-state index is 12.4. The Morgan fingerprint density at radius 3 is 3.11 bits per heavy atom. The van der Waals surface area contributed by atoms with Crippen LogP contribution in [0.1, 0.15) is 34.9 Å². The first-order valence-electron chi connectivity index (χ1n) is 5.95. The lowest BCUT2D eigenvalue weighted by Gasteiger charge is -2.23. The molecule has 0 spiro atoms. The largest absolute Gasteiger partial charge is 0.330 e. The molecule has 1 amide bonds. The lowest BCUT2D eigenvalue weighted by atomic mass is 10.1. The maximum absolute atomic E-state index is 12.4. The number of aromatic nitrogens is 2. The number of carbonyl (C=O) groups is 1. The molecular formula is C13H13N3OS. The van der Waals surface area contributed by atoms with Crippen molar-refractivity contribution in [3.05, 3.63) is 46.7 Å². The van der Waals surface area contributed by atoms with Crippen molar-refractivity contribution in [3.63, 3.8) is 0 Å². The molecule has 0 bridgehead atoms. The number of rotatable bonds is 2. The summed E-state index contributed by atoms with van der Waals surface area (Å²) in [4.78, 5) is 22.3. The van der Waals surface area contributed by atoms with Crippen LogP contribution in [0.5, 0.6) is 0 Å². The molecule has 92 valence electrons. The smallest absolute Gasteiger partial charge is 0.274 e. The molecule has 2 aromatic heterocycles. The molecular weight excluding hydrogens is 246 g/mol. The van der Waals surface area contributed by atoms with E-state index < -0.39 is 0 Å². The van der Waals surface area contributed by atoms with Gasteiger partial charge in [-0.15, -0.1) is 0 Å². The number of hydrogen-bond acceptors (Lipinski definition) is 4. The average Bonchev–Trinajstić information content (AvgIpc) is 3.09. The monoisotopic (exact) mass is 259 g/mol. The third kappa shape index (κ3) is 2.01. The Balaban J connectivity index is 1.85. The van der Waals surface area contributed by atoms with Gasteiger partial charge in [-0.2, -0.15) is 11.3 Å². The van der Waals surface area contributed by atoms with Crippen LogP contribution in [0, 0.1) is 0 Å². The summed E-state index contributed by atoms with van der Waals surface area (Å²) in [7, 11) is 0. The van der Waals surface area contributed by atoms with Gasteiger partial charge >= 0.3 is 0 Å².